The summed E-state index contributed by atoms with van der Waals surface area (Å²) in [6.07, 6.45) is -5.85. The maximum absolute atomic E-state index is 12.8. The molecule has 0 heterocycles. The summed E-state index contributed by atoms with van der Waals surface area (Å²) >= 11 is 5.51. The number of anilines is 1. The number of nitrogens with one attached hydrogen (secondary N) is 1. The van der Waals surface area contributed by atoms with Gasteiger partial charge in [0, 0.05) is 5.69 Å². The smallest absolute Gasteiger partial charge is 0.417 e. The molecule has 0 aliphatic rings. The molecule has 0 aliphatic heterocycles. The lowest BCUT2D eigenvalue weighted by molar-refractivity contribution is -0.137. The topological polar surface area (TPSA) is 55.4 Å². The van der Waals surface area contributed by atoms with E-state index in [2.05, 4.69) is 5.32 Å². The van der Waals surface area contributed by atoms with E-state index in [4.69, 9.17) is 16.3 Å². The van der Waals surface area contributed by atoms with Crippen LogP contribution in [0, 0.1) is 0 Å². The van der Waals surface area contributed by atoms with Crippen molar-refractivity contribution >= 4 is 29.2 Å². The fraction of sp³-hybridized carbons (Fsp3) is 0.176. The lowest BCUT2D eigenvalue weighted by Gasteiger charge is -2.15. The number of alkyl halides is 3. The van der Waals surface area contributed by atoms with Crippen LogP contribution in [0.15, 0.2) is 48.5 Å². The Balaban J connectivity index is 2.05. The standard InChI is InChI=1S/C17H13ClF3NO3/c1-10(25-16(24)11-5-3-2-4-6-11)15(23)22-12-7-8-14(18)13(9-12)17(19,20)21/h2-10H,1H3,(H,22,23)/t10-/m0/s1. The van der Waals surface area contributed by atoms with Crippen LogP contribution < -0.4 is 5.32 Å². The molecule has 0 spiro atoms. The van der Waals surface area contributed by atoms with E-state index in [1.165, 1.54) is 25.1 Å². The maximum Gasteiger partial charge on any atom is 0.417 e. The van der Waals surface area contributed by atoms with E-state index < -0.39 is 34.7 Å². The molecular weight excluding hydrogens is 359 g/mol. The summed E-state index contributed by atoms with van der Waals surface area (Å²) in [5.74, 6) is -1.48. The third-order valence-corrected chi connectivity index (χ3v) is 3.53. The van der Waals surface area contributed by atoms with E-state index in [-0.39, 0.29) is 11.3 Å². The summed E-state index contributed by atoms with van der Waals surface area (Å²) in [5.41, 5.74) is -0.918. The fourth-order valence-corrected chi connectivity index (χ4v) is 2.15. The first-order chi connectivity index (χ1) is 11.7. The molecule has 1 N–H and O–H groups in total. The minimum Gasteiger partial charge on any atom is -0.449 e. The molecule has 0 saturated heterocycles. The van der Waals surface area contributed by atoms with Crippen LogP contribution in [0.5, 0.6) is 0 Å². The number of rotatable bonds is 4. The van der Waals surface area contributed by atoms with Gasteiger partial charge in [-0.25, -0.2) is 4.79 Å². The molecule has 2 aromatic rings. The van der Waals surface area contributed by atoms with Crippen LogP contribution in [0.25, 0.3) is 0 Å². The van der Waals surface area contributed by atoms with Gasteiger partial charge in [-0.3, -0.25) is 4.79 Å². The number of ether oxygens (including phenoxy) is 1. The summed E-state index contributed by atoms with van der Waals surface area (Å²) in [6.45, 7) is 1.32. The Labute approximate surface area is 146 Å². The van der Waals surface area contributed by atoms with Crippen molar-refractivity contribution in [2.45, 2.75) is 19.2 Å². The van der Waals surface area contributed by atoms with Crippen LogP contribution in [0.1, 0.15) is 22.8 Å². The second kappa shape index (κ2) is 7.57. The number of hydrogen-bond donors (Lipinski definition) is 1. The molecule has 4 nitrogen and oxygen atoms in total. The van der Waals surface area contributed by atoms with E-state index >= 15 is 0 Å². The zero-order valence-electron chi connectivity index (χ0n) is 12.9. The van der Waals surface area contributed by atoms with Crippen LogP contribution in [0.2, 0.25) is 5.02 Å². The lowest BCUT2D eigenvalue weighted by Crippen LogP contribution is -2.30. The summed E-state index contributed by atoms with van der Waals surface area (Å²) in [6, 6.07) is 11.0. The van der Waals surface area contributed by atoms with Crippen molar-refractivity contribution in [1.29, 1.82) is 0 Å². The van der Waals surface area contributed by atoms with Gasteiger partial charge >= 0.3 is 12.1 Å². The molecule has 8 heteroatoms. The Bertz CT molecular complexity index is 778. The number of amides is 1. The van der Waals surface area contributed by atoms with Crippen LogP contribution >= 0.6 is 11.6 Å². The second-order valence-electron chi connectivity index (χ2n) is 5.10. The van der Waals surface area contributed by atoms with E-state index in [1.807, 2.05) is 0 Å². The van der Waals surface area contributed by atoms with Gasteiger partial charge in [-0.15, -0.1) is 0 Å². The third kappa shape index (κ3) is 4.96. The molecule has 0 aromatic heterocycles. The number of benzene rings is 2. The van der Waals surface area contributed by atoms with Crippen LogP contribution in [0.3, 0.4) is 0 Å². The van der Waals surface area contributed by atoms with Crippen molar-refractivity contribution in [2.75, 3.05) is 5.32 Å². The molecule has 0 aliphatic carbocycles. The highest BCUT2D eigenvalue weighted by atomic mass is 35.5. The highest BCUT2D eigenvalue weighted by Gasteiger charge is 2.33. The molecule has 25 heavy (non-hydrogen) atoms. The average Bonchev–Trinajstić information content (AvgIpc) is 2.56. The first-order valence-electron chi connectivity index (χ1n) is 7.12. The molecule has 0 radical (unpaired) electrons. The Kier molecular flexibility index (Phi) is 5.69. The zero-order valence-corrected chi connectivity index (χ0v) is 13.7. The van der Waals surface area contributed by atoms with Gasteiger partial charge in [0.15, 0.2) is 6.10 Å². The molecule has 0 unspecified atom stereocenters. The zero-order chi connectivity index (χ0) is 18.6. The second-order valence-corrected chi connectivity index (χ2v) is 5.50. The molecule has 0 saturated carbocycles. The predicted octanol–water partition coefficient (Wildman–Crippen LogP) is 4.54. The number of esters is 1. The maximum atomic E-state index is 12.8. The van der Waals surface area contributed by atoms with Crippen molar-refractivity contribution in [3.8, 4) is 0 Å². The molecular formula is C17H13ClF3NO3. The molecule has 1 atom stereocenters. The van der Waals surface area contributed by atoms with E-state index in [1.54, 1.807) is 18.2 Å². The molecule has 0 fully saturated rings. The van der Waals surface area contributed by atoms with Crippen molar-refractivity contribution in [2.24, 2.45) is 0 Å². The van der Waals surface area contributed by atoms with Gasteiger partial charge in [-0.05, 0) is 37.3 Å². The summed E-state index contributed by atoms with van der Waals surface area (Å²) in [7, 11) is 0. The van der Waals surface area contributed by atoms with E-state index in [0.29, 0.717) is 6.07 Å². The van der Waals surface area contributed by atoms with Crippen molar-refractivity contribution in [3.63, 3.8) is 0 Å². The van der Waals surface area contributed by atoms with Crippen molar-refractivity contribution < 1.29 is 27.5 Å². The SMILES string of the molecule is C[C@H](OC(=O)c1ccccc1)C(=O)Nc1ccc(Cl)c(C(F)(F)F)c1. The summed E-state index contributed by atoms with van der Waals surface area (Å²) in [5, 5.41) is 1.79. The van der Waals surface area contributed by atoms with Crippen LogP contribution in [-0.4, -0.2) is 18.0 Å². The van der Waals surface area contributed by atoms with Crippen molar-refractivity contribution in [3.05, 3.63) is 64.7 Å². The number of carbonyl (C=O) groups excluding carboxylic acids is 2. The highest BCUT2D eigenvalue weighted by molar-refractivity contribution is 6.31. The number of carbonyl (C=O) groups is 2. The van der Waals surface area contributed by atoms with Gasteiger partial charge in [-0.2, -0.15) is 13.2 Å². The Morgan fingerprint density at radius 1 is 1.12 bits per heavy atom. The molecule has 2 aromatic carbocycles. The molecule has 1 amide bonds. The van der Waals surface area contributed by atoms with Crippen LogP contribution in [0.4, 0.5) is 18.9 Å². The summed E-state index contributed by atoms with van der Waals surface area (Å²) < 4.78 is 43.4. The van der Waals surface area contributed by atoms with Gasteiger partial charge in [-0.1, -0.05) is 29.8 Å². The number of hydrogen-bond acceptors (Lipinski definition) is 3. The first-order valence-corrected chi connectivity index (χ1v) is 7.50. The van der Waals surface area contributed by atoms with Gasteiger partial charge in [0.2, 0.25) is 0 Å². The molecule has 2 rings (SSSR count). The largest absolute Gasteiger partial charge is 0.449 e. The predicted molar refractivity (Wildman–Crippen MR) is 86.4 cm³/mol. The van der Waals surface area contributed by atoms with Gasteiger partial charge in [0.1, 0.15) is 0 Å². The van der Waals surface area contributed by atoms with Crippen molar-refractivity contribution in [1.82, 2.24) is 0 Å². The van der Waals surface area contributed by atoms with Crippen LogP contribution in [-0.2, 0) is 15.7 Å². The van der Waals surface area contributed by atoms with E-state index in [0.717, 1.165) is 6.07 Å². The quantitative estimate of drug-likeness (QED) is 0.803. The summed E-state index contributed by atoms with van der Waals surface area (Å²) in [4.78, 5) is 23.9. The van der Waals surface area contributed by atoms with Gasteiger partial charge in [0.05, 0.1) is 16.1 Å². The fourth-order valence-electron chi connectivity index (χ4n) is 1.92. The minimum atomic E-state index is -4.65. The number of halogens is 4. The first kappa shape index (κ1) is 18.8. The monoisotopic (exact) mass is 371 g/mol. The van der Waals surface area contributed by atoms with E-state index in [9.17, 15) is 22.8 Å². The Hall–Kier alpha value is -2.54. The highest BCUT2D eigenvalue weighted by Crippen LogP contribution is 2.36. The Morgan fingerprint density at radius 3 is 2.36 bits per heavy atom. The normalized spacial score (nSPS) is 12.4. The third-order valence-electron chi connectivity index (χ3n) is 3.20. The van der Waals surface area contributed by atoms with Gasteiger partial charge in [0.25, 0.3) is 5.91 Å². The van der Waals surface area contributed by atoms with Gasteiger partial charge < -0.3 is 10.1 Å². The Morgan fingerprint density at radius 2 is 1.76 bits per heavy atom. The lowest BCUT2D eigenvalue weighted by atomic mass is 10.2. The molecule has 132 valence electrons. The minimum absolute atomic E-state index is 0.107. The molecule has 0 bridgehead atoms. The average molecular weight is 372 g/mol.